The maximum absolute atomic E-state index is 3.92. The van der Waals surface area contributed by atoms with Crippen LogP contribution in [0.1, 0.15) is 0 Å². The van der Waals surface area contributed by atoms with Crippen molar-refractivity contribution < 1.29 is 0 Å². The van der Waals surface area contributed by atoms with Crippen LogP contribution in [0.15, 0.2) is 43.2 Å². The van der Waals surface area contributed by atoms with Gasteiger partial charge in [-0.25, -0.2) is 9.97 Å². The minimum absolute atomic E-state index is 0.869. The molecule has 64 valence electrons. The summed E-state index contributed by atoms with van der Waals surface area (Å²) in [5, 5.41) is 3.14. The van der Waals surface area contributed by atoms with Crippen molar-refractivity contribution in [3.05, 3.63) is 43.2 Å². The van der Waals surface area contributed by atoms with E-state index < -0.39 is 0 Å². The second kappa shape index (κ2) is 3.62. The molecular weight excluding hydrogens is 164 g/mol. The molecule has 2 aromatic rings. The first-order valence-electron chi connectivity index (χ1n) is 3.87. The third kappa shape index (κ3) is 1.99. The zero-order valence-electron chi connectivity index (χ0n) is 6.88. The molecule has 0 saturated heterocycles. The van der Waals surface area contributed by atoms with E-state index in [-0.39, 0.29) is 0 Å². The van der Waals surface area contributed by atoms with Crippen LogP contribution in [0.2, 0.25) is 0 Å². The Morgan fingerprint density at radius 3 is 2.23 bits per heavy atom. The summed E-state index contributed by atoms with van der Waals surface area (Å²) in [6.07, 6.45) is 8.39. The summed E-state index contributed by atoms with van der Waals surface area (Å²) in [6, 6.07) is 3.76. The molecule has 0 aliphatic heterocycles. The van der Waals surface area contributed by atoms with Gasteiger partial charge in [-0.2, -0.15) is 0 Å². The van der Waals surface area contributed by atoms with Gasteiger partial charge in [0.1, 0.15) is 6.33 Å². The zero-order valence-corrected chi connectivity index (χ0v) is 6.88. The van der Waals surface area contributed by atoms with Gasteiger partial charge >= 0.3 is 0 Å². The molecule has 0 saturated carbocycles. The molecule has 0 aliphatic carbocycles. The van der Waals surface area contributed by atoms with Crippen LogP contribution in [-0.4, -0.2) is 15.0 Å². The minimum Gasteiger partial charge on any atom is -0.353 e. The fraction of sp³-hybridized carbons (Fsp3) is 0. The zero-order chi connectivity index (χ0) is 8.93. The van der Waals surface area contributed by atoms with Gasteiger partial charge in [0.05, 0.1) is 18.1 Å². The van der Waals surface area contributed by atoms with E-state index in [0.29, 0.717) is 0 Å². The summed E-state index contributed by atoms with van der Waals surface area (Å²) in [5.41, 5.74) is 1.85. The van der Waals surface area contributed by atoms with Crippen molar-refractivity contribution in [3.8, 4) is 0 Å². The van der Waals surface area contributed by atoms with Crippen molar-refractivity contribution in [3.63, 3.8) is 0 Å². The van der Waals surface area contributed by atoms with Gasteiger partial charge in [0, 0.05) is 18.1 Å². The van der Waals surface area contributed by atoms with Crippen molar-refractivity contribution in [2.75, 3.05) is 5.32 Å². The predicted octanol–water partition coefficient (Wildman–Crippen LogP) is 1.62. The van der Waals surface area contributed by atoms with E-state index in [0.717, 1.165) is 11.4 Å². The fourth-order valence-corrected chi connectivity index (χ4v) is 0.966. The summed E-state index contributed by atoms with van der Waals surface area (Å²) in [4.78, 5) is 11.7. The largest absolute Gasteiger partial charge is 0.353 e. The summed E-state index contributed by atoms with van der Waals surface area (Å²) in [5.74, 6) is 0. The van der Waals surface area contributed by atoms with E-state index >= 15 is 0 Å². The molecule has 0 unspecified atom stereocenters. The molecule has 4 nitrogen and oxygen atoms in total. The van der Waals surface area contributed by atoms with Gasteiger partial charge in [-0.05, 0) is 12.1 Å². The number of aromatic nitrogens is 3. The quantitative estimate of drug-likeness (QED) is 0.747. The molecule has 2 rings (SSSR count). The molecule has 2 heterocycles. The molecule has 0 amide bonds. The lowest BCUT2D eigenvalue weighted by atomic mass is 10.4. The number of nitrogens with one attached hydrogen (secondary N) is 1. The smallest absolute Gasteiger partial charge is 0.115 e. The molecule has 4 heteroatoms. The van der Waals surface area contributed by atoms with Crippen LogP contribution in [0, 0.1) is 0 Å². The lowest BCUT2D eigenvalue weighted by molar-refractivity contribution is 1.17. The highest BCUT2D eigenvalue weighted by molar-refractivity contribution is 5.56. The maximum Gasteiger partial charge on any atom is 0.115 e. The first kappa shape index (κ1) is 7.67. The van der Waals surface area contributed by atoms with Crippen LogP contribution in [-0.2, 0) is 0 Å². The van der Waals surface area contributed by atoms with Gasteiger partial charge < -0.3 is 5.32 Å². The van der Waals surface area contributed by atoms with Gasteiger partial charge in [-0.3, -0.25) is 4.98 Å². The Morgan fingerprint density at radius 1 is 0.846 bits per heavy atom. The average Bonchev–Trinajstić information content (AvgIpc) is 2.21. The summed E-state index contributed by atoms with van der Waals surface area (Å²) >= 11 is 0. The molecule has 2 aromatic heterocycles. The van der Waals surface area contributed by atoms with E-state index in [1.807, 2.05) is 12.1 Å². The molecule has 0 aliphatic rings. The topological polar surface area (TPSA) is 50.7 Å². The van der Waals surface area contributed by atoms with Crippen LogP contribution >= 0.6 is 0 Å². The Balaban J connectivity index is 2.16. The van der Waals surface area contributed by atoms with Crippen LogP contribution in [0.5, 0.6) is 0 Å². The summed E-state index contributed by atoms with van der Waals surface area (Å²) in [6.45, 7) is 0. The van der Waals surface area contributed by atoms with E-state index in [1.54, 1.807) is 24.8 Å². The van der Waals surface area contributed by atoms with Crippen molar-refractivity contribution >= 4 is 11.4 Å². The molecule has 0 fully saturated rings. The number of hydrogen-bond acceptors (Lipinski definition) is 4. The van der Waals surface area contributed by atoms with E-state index in [1.165, 1.54) is 6.33 Å². The van der Waals surface area contributed by atoms with Gasteiger partial charge in [-0.15, -0.1) is 0 Å². The Hall–Kier alpha value is -1.97. The number of hydrogen-bond donors (Lipinski definition) is 1. The molecule has 0 bridgehead atoms. The van der Waals surface area contributed by atoms with Crippen molar-refractivity contribution in [1.29, 1.82) is 0 Å². The lowest BCUT2D eigenvalue weighted by Crippen LogP contribution is -1.91. The van der Waals surface area contributed by atoms with Crippen molar-refractivity contribution in [2.24, 2.45) is 0 Å². The molecule has 0 spiro atoms. The third-order valence-corrected chi connectivity index (χ3v) is 1.53. The molecule has 13 heavy (non-hydrogen) atoms. The third-order valence-electron chi connectivity index (χ3n) is 1.53. The van der Waals surface area contributed by atoms with Gasteiger partial charge in [0.15, 0.2) is 0 Å². The van der Waals surface area contributed by atoms with Crippen LogP contribution in [0.25, 0.3) is 0 Å². The Labute approximate surface area is 75.7 Å². The first-order valence-corrected chi connectivity index (χ1v) is 3.87. The highest BCUT2D eigenvalue weighted by Gasteiger charge is 1.91. The Kier molecular flexibility index (Phi) is 2.14. The van der Waals surface area contributed by atoms with E-state index in [4.69, 9.17) is 0 Å². The highest BCUT2D eigenvalue weighted by atomic mass is 14.9. The number of nitrogens with zero attached hydrogens (tertiary/aromatic N) is 3. The highest BCUT2D eigenvalue weighted by Crippen LogP contribution is 2.11. The normalized spacial score (nSPS) is 9.54. The molecule has 1 N–H and O–H groups in total. The van der Waals surface area contributed by atoms with E-state index in [9.17, 15) is 0 Å². The van der Waals surface area contributed by atoms with Crippen molar-refractivity contribution in [2.45, 2.75) is 0 Å². The van der Waals surface area contributed by atoms with Crippen LogP contribution in [0.4, 0.5) is 11.4 Å². The monoisotopic (exact) mass is 172 g/mol. The fourth-order valence-electron chi connectivity index (χ4n) is 0.966. The molecular formula is C9H8N4. The standard InChI is InChI=1S/C9H8N4/c1-3-10-4-2-8(1)13-9-5-11-7-12-6-9/h1-7H,(H,10,13). The molecule has 0 atom stereocenters. The van der Waals surface area contributed by atoms with Gasteiger partial charge in [-0.1, -0.05) is 0 Å². The van der Waals surface area contributed by atoms with Crippen LogP contribution < -0.4 is 5.32 Å². The first-order chi connectivity index (χ1) is 6.45. The number of rotatable bonds is 2. The van der Waals surface area contributed by atoms with Gasteiger partial charge in [0.25, 0.3) is 0 Å². The Morgan fingerprint density at radius 2 is 1.54 bits per heavy atom. The van der Waals surface area contributed by atoms with Gasteiger partial charge in [0.2, 0.25) is 0 Å². The second-order valence-electron chi connectivity index (χ2n) is 2.49. The van der Waals surface area contributed by atoms with E-state index in [2.05, 4.69) is 20.3 Å². The maximum atomic E-state index is 3.92. The summed E-state index contributed by atoms with van der Waals surface area (Å²) in [7, 11) is 0. The lowest BCUT2D eigenvalue weighted by Gasteiger charge is -2.03. The van der Waals surface area contributed by atoms with Crippen molar-refractivity contribution in [1.82, 2.24) is 15.0 Å². The SMILES string of the molecule is c1cc(Nc2cncnc2)ccn1. The summed E-state index contributed by atoms with van der Waals surface area (Å²) < 4.78 is 0. The second-order valence-corrected chi connectivity index (χ2v) is 2.49. The predicted molar refractivity (Wildman–Crippen MR) is 49.6 cm³/mol. The molecule has 0 aromatic carbocycles. The average molecular weight is 172 g/mol. The van der Waals surface area contributed by atoms with Crippen LogP contribution in [0.3, 0.4) is 0 Å². The Bertz CT molecular complexity index is 322. The molecule has 0 radical (unpaired) electrons. The number of pyridine rings is 1. The number of anilines is 2. The minimum atomic E-state index is 0.869.